The average Bonchev–Trinajstić information content (AvgIpc) is 2.80. The van der Waals surface area contributed by atoms with Crippen LogP contribution in [-0.4, -0.2) is 46.4 Å². The fourth-order valence-electron chi connectivity index (χ4n) is 1.87. The molecule has 0 aliphatic carbocycles. The van der Waals surface area contributed by atoms with Crippen molar-refractivity contribution in [3.63, 3.8) is 0 Å². The molecule has 1 aliphatic rings. The maximum atomic E-state index is 12.3. The highest BCUT2D eigenvalue weighted by Crippen LogP contribution is 2.22. The van der Waals surface area contributed by atoms with Crippen molar-refractivity contribution in [3.05, 3.63) is 21.6 Å². The zero-order valence-corrected chi connectivity index (χ0v) is 11.5. The van der Waals surface area contributed by atoms with Gasteiger partial charge in [0.15, 0.2) is 0 Å². The summed E-state index contributed by atoms with van der Waals surface area (Å²) in [5, 5.41) is 15.8. The Balaban J connectivity index is 2.11. The number of alkyl halides is 3. The Labute approximate surface area is 122 Å². The molecule has 0 aromatic carbocycles. The van der Waals surface area contributed by atoms with E-state index in [0.29, 0.717) is 13.0 Å². The molecule has 1 unspecified atom stereocenters. The van der Waals surface area contributed by atoms with Gasteiger partial charge in [-0.05, 0) is 0 Å². The van der Waals surface area contributed by atoms with Crippen LogP contribution in [0.1, 0.15) is 6.42 Å². The van der Waals surface area contributed by atoms with Crippen molar-refractivity contribution < 1.29 is 23.0 Å². The van der Waals surface area contributed by atoms with Crippen LogP contribution < -0.4 is 10.9 Å². The Morgan fingerprint density at radius 1 is 1.57 bits per heavy atom. The van der Waals surface area contributed by atoms with Gasteiger partial charge >= 0.3 is 6.18 Å². The SMILES string of the molecule is O=c1c(Cl)c(NCC2(O)CCOC2)cnn1CC(F)(F)F. The van der Waals surface area contributed by atoms with Gasteiger partial charge in [0.1, 0.15) is 17.2 Å². The van der Waals surface area contributed by atoms with Crippen molar-refractivity contribution in [3.8, 4) is 0 Å². The number of ether oxygens (including phenoxy) is 1. The fourth-order valence-corrected chi connectivity index (χ4v) is 2.08. The van der Waals surface area contributed by atoms with Crippen molar-refractivity contribution in [2.24, 2.45) is 0 Å². The van der Waals surface area contributed by atoms with Crippen molar-refractivity contribution >= 4 is 17.3 Å². The Bertz CT molecular complexity index is 570. The van der Waals surface area contributed by atoms with Crippen LogP contribution in [-0.2, 0) is 11.3 Å². The van der Waals surface area contributed by atoms with E-state index in [2.05, 4.69) is 10.4 Å². The van der Waals surface area contributed by atoms with Crippen LogP contribution in [0.15, 0.2) is 11.0 Å². The molecule has 1 fully saturated rings. The summed E-state index contributed by atoms with van der Waals surface area (Å²) in [4.78, 5) is 11.7. The number of anilines is 1. The summed E-state index contributed by atoms with van der Waals surface area (Å²) >= 11 is 5.74. The van der Waals surface area contributed by atoms with E-state index in [9.17, 15) is 23.1 Å². The lowest BCUT2D eigenvalue weighted by Gasteiger charge is -2.21. The third-order valence-corrected chi connectivity index (χ3v) is 3.37. The molecule has 6 nitrogen and oxygen atoms in total. The third kappa shape index (κ3) is 4.08. The smallest absolute Gasteiger partial charge is 0.386 e. The van der Waals surface area contributed by atoms with Gasteiger partial charge in [-0.15, -0.1) is 0 Å². The lowest BCUT2D eigenvalue weighted by Crippen LogP contribution is -2.38. The van der Waals surface area contributed by atoms with Gasteiger partial charge in [-0.2, -0.15) is 18.3 Å². The normalized spacial score (nSPS) is 22.5. The van der Waals surface area contributed by atoms with E-state index in [0.717, 1.165) is 6.20 Å². The Kier molecular flexibility index (Phi) is 4.45. The van der Waals surface area contributed by atoms with Crippen molar-refractivity contribution in [2.45, 2.75) is 24.7 Å². The fraction of sp³-hybridized carbons (Fsp3) is 0.636. The van der Waals surface area contributed by atoms with Gasteiger partial charge in [0.2, 0.25) is 0 Å². The summed E-state index contributed by atoms with van der Waals surface area (Å²) in [5.74, 6) is 0. The van der Waals surface area contributed by atoms with Gasteiger partial charge in [-0.1, -0.05) is 11.6 Å². The topological polar surface area (TPSA) is 76.4 Å². The molecule has 2 heterocycles. The second kappa shape index (κ2) is 5.82. The molecule has 1 aromatic heterocycles. The Hall–Kier alpha value is -1.32. The summed E-state index contributed by atoms with van der Waals surface area (Å²) < 4.78 is 42.0. The largest absolute Gasteiger partial charge is 0.408 e. The van der Waals surface area contributed by atoms with E-state index < -0.39 is 28.9 Å². The first kappa shape index (κ1) is 16.1. The lowest BCUT2D eigenvalue weighted by atomic mass is 10.0. The highest BCUT2D eigenvalue weighted by molar-refractivity contribution is 6.32. The second-order valence-corrected chi connectivity index (χ2v) is 5.21. The van der Waals surface area contributed by atoms with E-state index in [1.807, 2.05) is 0 Å². The summed E-state index contributed by atoms with van der Waals surface area (Å²) in [5.41, 5.74) is -2.07. The summed E-state index contributed by atoms with van der Waals surface area (Å²) in [6.45, 7) is -0.908. The predicted molar refractivity (Wildman–Crippen MR) is 68.4 cm³/mol. The molecule has 10 heteroatoms. The number of hydrogen-bond donors (Lipinski definition) is 2. The molecule has 2 N–H and O–H groups in total. The van der Waals surface area contributed by atoms with E-state index in [4.69, 9.17) is 16.3 Å². The highest BCUT2D eigenvalue weighted by atomic mass is 35.5. The number of rotatable bonds is 4. The monoisotopic (exact) mass is 327 g/mol. The van der Waals surface area contributed by atoms with Gasteiger partial charge in [-0.25, -0.2) is 4.68 Å². The molecule has 1 aromatic rings. The number of aliphatic hydroxyl groups is 1. The van der Waals surface area contributed by atoms with Crippen molar-refractivity contribution in [1.82, 2.24) is 9.78 Å². The van der Waals surface area contributed by atoms with Crippen LogP contribution in [0.3, 0.4) is 0 Å². The van der Waals surface area contributed by atoms with Crippen LogP contribution in [0.4, 0.5) is 18.9 Å². The molecule has 0 saturated carbocycles. The quantitative estimate of drug-likeness (QED) is 0.863. The average molecular weight is 328 g/mol. The molecular formula is C11H13ClF3N3O3. The molecule has 21 heavy (non-hydrogen) atoms. The minimum absolute atomic E-state index is 0.0527. The first-order valence-electron chi connectivity index (χ1n) is 6.07. The van der Waals surface area contributed by atoms with E-state index in [1.165, 1.54) is 0 Å². The number of aromatic nitrogens is 2. The zero-order chi connectivity index (χ0) is 15.7. The van der Waals surface area contributed by atoms with Crippen molar-refractivity contribution in [2.75, 3.05) is 25.1 Å². The minimum atomic E-state index is -4.56. The lowest BCUT2D eigenvalue weighted by molar-refractivity contribution is -0.143. The molecule has 0 spiro atoms. The van der Waals surface area contributed by atoms with Crippen molar-refractivity contribution in [1.29, 1.82) is 0 Å². The first-order chi connectivity index (χ1) is 9.70. The summed E-state index contributed by atoms with van der Waals surface area (Å²) in [7, 11) is 0. The molecule has 0 radical (unpaired) electrons. The molecule has 0 bridgehead atoms. The second-order valence-electron chi connectivity index (χ2n) is 4.83. The number of nitrogens with one attached hydrogen (secondary N) is 1. The Morgan fingerprint density at radius 2 is 2.29 bits per heavy atom. The van der Waals surface area contributed by atoms with Gasteiger partial charge in [0.25, 0.3) is 5.56 Å². The van der Waals surface area contributed by atoms with Crippen LogP contribution in [0, 0.1) is 0 Å². The van der Waals surface area contributed by atoms with Gasteiger partial charge in [0, 0.05) is 19.6 Å². The van der Waals surface area contributed by atoms with E-state index in [-0.39, 0.29) is 23.5 Å². The van der Waals surface area contributed by atoms with Crippen LogP contribution in [0.2, 0.25) is 5.02 Å². The standard InChI is InChI=1S/C11H13ClF3N3O3/c12-8-7(16-4-10(20)1-2-21-6-10)3-17-18(9(8)19)5-11(13,14)15/h3,16,20H,1-2,4-6H2. The maximum absolute atomic E-state index is 12.3. The number of nitrogens with zero attached hydrogens (tertiary/aromatic N) is 2. The minimum Gasteiger partial charge on any atom is -0.386 e. The van der Waals surface area contributed by atoms with Crippen LogP contribution in [0.25, 0.3) is 0 Å². The molecule has 2 rings (SSSR count). The van der Waals surface area contributed by atoms with Crippen LogP contribution in [0.5, 0.6) is 0 Å². The first-order valence-corrected chi connectivity index (χ1v) is 6.44. The van der Waals surface area contributed by atoms with Crippen LogP contribution >= 0.6 is 11.6 Å². The summed E-state index contributed by atoms with van der Waals surface area (Å²) in [6.07, 6.45) is -3.13. The van der Waals surface area contributed by atoms with E-state index in [1.54, 1.807) is 0 Å². The summed E-state index contributed by atoms with van der Waals surface area (Å²) in [6, 6.07) is 0. The Morgan fingerprint density at radius 3 is 2.86 bits per heavy atom. The van der Waals surface area contributed by atoms with Gasteiger partial charge < -0.3 is 15.2 Å². The maximum Gasteiger partial charge on any atom is 0.408 e. The zero-order valence-electron chi connectivity index (χ0n) is 10.8. The predicted octanol–water partition coefficient (Wildman–Crippen LogP) is 1.02. The highest BCUT2D eigenvalue weighted by Gasteiger charge is 2.33. The molecule has 0 amide bonds. The molecule has 118 valence electrons. The van der Waals surface area contributed by atoms with Gasteiger partial charge in [0.05, 0.1) is 18.5 Å². The third-order valence-electron chi connectivity index (χ3n) is 3.00. The number of halogens is 4. The molecular weight excluding hydrogens is 315 g/mol. The van der Waals surface area contributed by atoms with Gasteiger partial charge in [-0.3, -0.25) is 4.79 Å². The molecule has 1 saturated heterocycles. The molecule has 1 aliphatic heterocycles. The molecule has 1 atom stereocenters. The van der Waals surface area contributed by atoms with E-state index >= 15 is 0 Å². The number of hydrogen-bond acceptors (Lipinski definition) is 5.